The summed E-state index contributed by atoms with van der Waals surface area (Å²) in [5, 5.41) is 21.6. The Morgan fingerprint density at radius 1 is 0.897 bits per heavy atom. The van der Waals surface area contributed by atoms with Crippen molar-refractivity contribution in [1.82, 2.24) is 20.3 Å². The van der Waals surface area contributed by atoms with Crippen LogP contribution in [0.4, 0.5) is 17.8 Å². The molecular weight excluding hydrogens is 500 g/mol. The fraction of sp³-hybridized carbons (Fsp3) is 0.630. The van der Waals surface area contributed by atoms with Crippen LogP contribution in [0.1, 0.15) is 48.5 Å². The SMILES string of the molecule is CC1CCC(CNc2nc(NCCO)nc(NCc3ccc(C(=O)NCCOCCOCCN)cc3)n2)CC1. The smallest absolute Gasteiger partial charge is 0.251 e. The highest BCUT2D eigenvalue weighted by atomic mass is 16.5. The van der Waals surface area contributed by atoms with Crippen LogP contribution < -0.4 is 27.0 Å². The zero-order chi connectivity index (χ0) is 27.7. The van der Waals surface area contributed by atoms with Crippen molar-refractivity contribution in [3.63, 3.8) is 0 Å². The molecule has 12 nitrogen and oxygen atoms in total. The zero-order valence-electron chi connectivity index (χ0n) is 23.0. The van der Waals surface area contributed by atoms with Gasteiger partial charge in [-0.1, -0.05) is 31.9 Å². The Kier molecular flexibility index (Phi) is 13.7. The van der Waals surface area contributed by atoms with Crippen LogP contribution in [-0.4, -0.2) is 85.2 Å². The summed E-state index contributed by atoms with van der Waals surface area (Å²) in [6.45, 7) is 6.75. The summed E-state index contributed by atoms with van der Waals surface area (Å²) >= 11 is 0. The molecule has 0 saturated heterocycles. The first-order chi connectivity index (χ1) is 19.1. The molecule has 1 amide bonds. The van der Waals surface area contributed by atoms with Gasteiger partial charge in [0.1, 0.15) is 0 Å². The molecule has 0 spiro atoms. The lowest BCUT2D eigenvalue weighted by molar-refractivity contribution is 0.0511. The number of rotatable bonds is 18. The molecule has 1 heterocycles. The molecule has 1 aliphatic rings. The molecule has 0 aliphatic heterocycles. The van der Waals surface area contributed by atoms with Gasteiger partial charge < -0.3 is 41.6 Å². The predicted octanol–water partition coefficient (Wildman–Crippen LogP) is 1.85. The van der Waals surface area contributed by atoms with Crippen LogP contribution in [0.3, 0.4) is 0 Å². The van der Waals surface area contributed by atoms with Gasteiger partial charge >= 0.3 is 0 Å². The summed E-state index contributed by atoms with van der Waals surface area (Å²) in [6, 6.07) is 7.35. The van der Waals surface area contributed by atoms with Crippen LogP contribution in [0.25, 0.3) is 0 Å². The summed E-state index contributed by atoms with van der Waals surface area (Å²) in [4.78, 5) is 25.8. The van der Waals surface area contributed by atoms with Gasteiger partial charge in [0, 0.05) is 38.3 Å². The molecule has 39 heavy (non-hydrogen) atoms. The van der Waals surface area contributed by atoms with E-state index in [9.17, 15) is 9.90 Å². The molecule has 0 bridgehead atoms. The number of nitrogens with two attached hydrogens (primary N) is 1. The minimum Gasteiger partial charge on any atom is -0.395 e. The van der Waals surface area contributed by atoms with Crippen LogP contribution in [0, 0.1) is 11.8 Å². The van der Waals surface area contributed by atoms with Gasteiger partial charge in [0.2, 0.25) is 17.8 Å². The fourth-order valence-corrected chi connectivity index (χ4v) is 4.25. The molecule has 0 unspecified atom stereocenters. The van der Waals surface area contributed by atoms with Crippen molar-refractivity contribution in [3.8, 4) is 0 Å². The molecule has 1 fully saturated rings. The number of anilines is 3. The minimum absolute atomic E-state index is 0.0192. The molecule has 1 aromatic heterocycles. The number of aromatic nitrogens is 3. The van der Waals surface area contributed by atoms with Gasteiger partial charge in [0.05, 0.1) is 33.0 Å². The molecule has 1 aliphatic carbocycles. The molecule has 0 radical (unpaired) electrons. The van der Waals surface area contributed by atoms with Gasteiger partial charge in [-0.05, 0) is 42.4 Å². The van der Waals surface area contributed by atoms with Gasteiger partial charge in [0.25, 0.3) is 5.91 Å². The normalized spacial score (nSPS) is 17.0. The van der Waals surface area contributed by atoms with Crippen molar-refractivity contribution < 1.29 is 19.4 Å². The van der Waals surface area contributed by atoms with E-state index in [0.717, 1.165) is 18.0 Å². The summed E-state index contributed by atoms with van der Waals surface area (Å²) in [5.41, 5.74) is 6.90. The Labute approximate surface area is 230 Å². The van der Waals surface area contributed by atoms with Crippen molar-refractivity contribution in [2.24, 2.45) is 17.6 Å². The van der Waals surface area contributed by atoms with Gasteiger partial charge in [-0.3, -0.25) is 4.79 Å². The van der Waals surface area contributed by atoms with Crippen LogP contribution in [0.5, 0.6) is 0 Å². The van der Waals surface area contributed by atoms with E-state index in [4.69, 9.17) is 15.2 Å². The standard InChI is InChI=1S/C27H44N8O4/c1-20-2-4-21(5-3-20)18-31-26-33-25(30-11-13-36)34-27(35-26)32-19-22-6-8-23(9-7-22)24(37)29-12-15-39-17-16-38-14-10-28/h6-9,20-21,36H,2-5,10-19,28H2,1H3,(H,29,37)(H3,30,31,32,33,34,35). The van der Waals surface area contributed by atoms with E-state index in [0.29, 0.717) is 81.9 Å². The number of nitrogens with zero attached hydrogens (tertiary/aromatic N) is 3. The molecule has 216 valence electrons. The summed E-state index contributed by atoms with van der Waals surface area (Å²) < 4.78 is 10.7. The number of nitrogens with one attached hydrogen (secondary N) is 4. The third-order valence-corrected chi connectivity index (χ3v) is 6.55. The molecule has 0 atom stereocenters. The van der Waals surface area contributed by atoms with E-state index in [1.165, 1.54) is 25.7 Å². The molecular formula is C27H44N8O4. The summed E-state index contributed by atoms with van der Waals surface area (Å²) in [7, 11) is 0. The average Bonchev–Trinajstić information content (AvgIpc) is 2.96. The first kappa shape index (κ1) is 30.5. The van der Waals surface area contributed by atoms with E-state index in [1.807, 2.05) is 12.1 Å². The van der Waals surface area contributed by atoms with Crippen LogP contribution in [-0.2, 0) is 16.0 Å². The third-order valence-electron chi connectivity index (χ3n) is 6.55. The predicted molar refractivity (Wildman–Crippen MR) is 152 cm³/mol. The van der Waals surface area contributed by atoms with Crippen LogP contribution >= 0.6 is 0 Å². The maximum atomic E-state index is 12.4. The number of carbonyl (C=O) groups is 1. The summed E-state index contributed by atoms with van der Waals surface area (Å²) in [6.07, 6.45) is 4.96. The van der Waals surface area contributed by atoms with Crippen molar-refractivity contribution in [1.29, 1.82) is 0 Å². The number of aliphatic hydroxyl groups excluding tert-OH is 1. The monoisotopic (exact) mass is 544 g/mol. The van der Waals surface area contributed by atoms with Gasteiger partial charge in [-0.2, -0.15) is 15.0 Å². The zero-order valence-corrected chi connectivity index (χ0v) is 23.0. The van der Waals surface area contributed by atoms with Crippen molar-refractivity contribution in [2.45, 2.75) is 39.2 Å². The highest BCUT2D eigenvalue weighted by molar-refractivity contribution is 5.94. The number of hydrogen-bond donors (Lipinski definition) is 6. The lowest BCUT2D eigenvalue weighted by Crippen LogP contribution is -2.27. The number of carbonyl (C=O) groups excluding carboxylic acids is 1. The van der Waals surface area contributed by atoms with E-state index in [2.05, 4.69) is 43.1 Å². The van der Waals surface area contributed by atoms with E-state index >= 15 is 0 Å². The lowest BCUT2D eigenvalue weighted by Gasteiger charge is -2.26. The Morgan fingerprint density at radius 2 is 1.54 bits per heavy atom. The van der Waals surface area contributed by atoms with E-state index < -0.39 is 0 Å². The highest BCUT2D eigenvalue weighted by Gasteiger charge is 2.18. The van der Waals surface area contributed by atoms with E-state index in [1.54, 1.807) is 12.1 Å². The average molecular weight is 545 g/mol. The maximum absolute atomic E-state index is 12.4. The molecule has 1 aromatic carbocycles. The molecule has 3 rings (SSSR count). The molecule has 2 aromatic rings. The molecule has 7 N–H and O–H groups in total. The fourth-order valence-electron chi connectivity index (χ4n) is 4.25. The quantitative estimate of drug-likeness (QED) is 0.151. The second-order valence-electron chi connectivity index (χ2n) is 9.78. The van der Waals surface area contributed by atoms with Crippen LogP contribution in [0.15, 0.2) is 24.3 Å². The first-order valence-electron chi connectivity index (χ1n) is 13.9. The topological polar surface area (TPSA) is 169 Å². The lowest BCUT2D eigenvalue weighted by atomic mass is 9.83. The Hall–Kier alpha value is -3.06. The minimum atomic E-state index is -0.155. The molecule has 12 heteroatoms. The molecule has 1 saturated carbocycles. The second kappa shape index (κ2) is 17.5. The number of aliphatic hydroxyl groups is 1. The van der Waals surface area contributed by atoms with Gasteiger partial charge in [0.15, 0.2) is 0 Å². The van der Waals surface area contributed by atoms with E-state index in [-0.39, 0.29) is 12.5 Å². The third kappa shape index (κ3) is 11.7. The Morgan fingerprint density at radius 3 is 2.21 bits per heavy atom. The van der Waals surface area contributed by atoms with Gasteiger partial charge in [-0.25, -0.2) is 0 Å². The second-order valence-corrected chi connectivity index (χ2v) is 9.78. The number of benzene rings is 1. The number of amides is 1. The van der Waals surface area contributed by atoms with Gasteiger partial charge in [-0.15, -0.1) is 0 Å². The van der Waals surface area contributed by atoms with Crippen molar-refractivity contribution >= 4 is 23.8 Å². The number of hydrogen-bond acceptors (Lipinski definition) is 11. The summed E-state index contributed by atoms with van der Waals surface area (Å²) in [5.74, 6) is 2.61. The number of ether oxygens (including phenoxy) is 2. The Bertz CT molecular complexity index is 971. The van der Waals surface area contributed by atoms with Crippen molar-refractivity contribution in [3.05, 3.63) is 35.4 Å². The maximum Gasteiger partial charge on any atom is 0.251 e. The van der Waals surface area contributed by atoms with Crippen molar-refractivity contribution in [2.75, 3.05) is 75.2 Å². The highest BCUT2D eigenvalue weighted by Crippen LogP contribution is 2.28. The van der Waals surface area contributed by atoms with Crippen LogP contribution in [0.2, 0.25) is 0 Å². The largest absolute Gasteiger partial charge is 0.395 e. The first-order valence-corrected chi connectivity index (χ1v) is 13.9. The Balaban J connectivity index is 1.46.